The first-order valence-corrected chi connectivity index (χ1v) is 9.54. The Bertz CT molecular complexity index is 1310. The van der Waals surface area contributed by atoms with Gasteiger partial charge in [-0.1, -0.05) is 17.7 Å². The number of hydrogen-bond donors (Lipinski definition) is 1. The minimum absolute atomic E-state index is 0.0819. The second kappa shape index (κ2) is 9.70. The number of nitro groups is 2. The van der Waals surface area contributed by atoms with Crippen LogP contribution in [0.5, 0.6) is 0 Å². The molecule has 176 valence electrons. The van der Waals surface area contributed by atoms with Gasteiger partial charge in [0, 0.05) is 29.3 Å². The summed E-state index contributed by atoms with van der Waals surface area (Å²) in [4.78, 5) is 32.3. The van der Waals surface area contributed by atoms with Crippen molar-refractivity contribution >= 4 is 35.1 Å². The fraction of sp³-hybridized carbons (Fsp3) is 0.100. The van der Waals surface area contributed by atoms with Crippen LogP contribution in [0.15, 0.2) is 58.0 Å². The number of non-ortho nitro benzene ring substituents is 1. The van der Waals surface area contributed by atoms with Crippen LogP contribution in [-0.4, -0.2) is 22.0 Å². The Hall–Kier alpha value is -4.26. The molecular weight excluding hydrogens is 485 g/mol. The number of hydrazone groups is 1. The summed E-state index contributed by atoms with van der Waals surface area (Å²) in [6.07, 6.45) is -4.24. The number of nitro benzene ring substituents is 2. The van der Waals surface area contributed by atoms with Crippen molar-refractivity contribution in [2.45, 2.75) is 12.6 Å². The lowest BCUT2D eigenvalue weighted by Crippen LogP contribution is -2.20. The zero-order valence-electron chi connectivity index (χ0n) is 16.7. The van der Waals surface area contributed by atoms with E-state index in [0.29, 0.717) is 17.7 Å². The number of carbonyl (C=O) groups excluding carboxylic acids is 1. The molecule has 1 heterocycles. The molecule has 0 atom stereocenters. The Kier molecular flexibility index (Phi) is 6.96. The van der Waals surface area contributed by atoms with Crippen molar-refractivity contribution in [2.24, 2.45) is 5.10 Å². The summed E-state index contributed by atoms with van der Waals surface area (Å²) in [6.45, 7) is 0. The highest BCUT2D eigenvalue weighted by molar-refractivity contribution is 6.33. The van der Waals surface area contributed by atoms with Gasteiger partial charge in [0.25, 0.3) is 11.4 Å². The third kappa shape index (κ3) is 5.75. The number of furan rings is 1. The SMILES string of the molecule is O=C(Cc1ccc(C(F)(F)F)cc1[N+](=O)[O-])NN=Cc1ccc(-c2ccc([N+](=O)[O-])cc2Cl)o1. The number of amides is 1. The first kappa shape index (κ1) is 24.4. The van der Waals surface area contributed by atoms with Gasteiger partial charge >= 0.3 is 6.18 Å². The molecule has 0 spiro atoms. The van der Waals surface area contributed by atoms with Crippen LogP contribution in [0.3, 0.4) is 0 Å². The van der Waals surface area contributed by atoms with E-state index >= 15 is 0 Å². The number of benzene rings is 2. The van der Waals surface area contributed by atoms with E-state index < -0.39 is 39.6 Å². The molecule has 0 bridgehead atoms. The molecule has 0 aliphatic rings. The zero-order chi connectivity index (χ0) is 25.0. The van der Waals surface area contributed by atoms with Gasteiger partial charge in [0.05, 0.1) is 33.1 Å². The lowest BCUT2D eigenvalue weighted by molar-refractivity contribution is -0.385. The van der Waals surface area contributed by atoms with Gasteiger partial charge in [-0.3, -0.25) is 25.0 Å². The molecule has 1 aromatic heterocycles. The second-order valence-electron chi connectivity index (χ2n) is 6.69. The molecule has 1 amide bonds. The average molecular weight is 497 g/mol. The highest BCUT2D eigenvalue weighted by Gasteiger charge is 2.33. The molecule has 0 saturated carbocycles. The Morgan fingerprint density at radius 2 is 1.82 bits per heavy atom. The monoisotopic (exact) mass is 496 g/mol. The number of halogens is 4. The van der Waals surface area contributed by atoms with Gasteiger partial charge in [-0.15, -0.1) is 0 Å². The van der Waals surface area contributed by atoms with E-state index in [1.54, 1.807) is 0 Å². The van der Waals surface area contributed by atoms with Crippen molar-refractivity contribution < 1.29 is 32.2 Å². The van der Waals surface area contributed by atoms with Crippen LogP contribution < -0.4 is 5.43 Å². The normalized spacial score (nSPS) is 11.5. The Labute approximate surface area is 192 Å². The standard InChI is InChI=1S/C20H12ClF3N4O6/c21-16-9-13(27(30)31)3-5-15(16)18-6-4-14(34-18)10-25-26-19(29)7-11-1-2-12(20(22,23)24)8-17(11)28(32)33/h1-6,8-10H,7H2,(H,26,29). The molecule has 1 N–H and O–H groups in total. The van der Waals surface area contributed by atoms with Crippen molar-refractivity contribution in [2.75, 3.05) is 0 Å². The Morgan fingerprint density at radius 3 is 2.44 bits per heavy atom. The molecule has 0 radical (unpaired) electrons. The van der Waals surface area contributed by atoms with E-state index in [1.807, 2.05) is 0 Å². The summed E-state index contributed by atoms with van der Waals surface area (Å²) >= 11 is 6.04. The maximum Gasteiger partial charge on any atom is 0.416 e. The summed E-state index contributed by atoms with van der Waals surface area (Å²) in [5.41, 5.74) is 0.00783. The molecule has 0 unspecified atom stereocenters. The van der Waals surface area contributed by atoms with Gasteiger partial charge in [-0.2, -0.15) is 18.3 Å². The predicted molar refractivity (Wildman–Crippen MR) is 113 cm³/mol. The van der Waals surface area contributed by atoms with Crippen LogP contribution in [0.4, 0.5) is 24.5 Å². The maximum absolute atomic E-state index is 12.8. The number of carbonyl (C=O) groups is 1. The van der Waals surface area contributed by atoms with Gasteiger partial charge in [-0.05, 0) is 24.3 Å². The molecule has 14 heteroatoms. The van der Waals surface area contributed by atoms with Crippen molar-refractivity contribution in [1.29, 1.82) is 0 Å². The number of nitrogens with zero attached hydrogens (tertiary/aromatic N) is 3. The predicted octanol–water partition coefficient (Wildman–Crippen LogP) is 5.13. The summed E-state index contributed by atoms with van der Waals surface area (Å²) in [6, 6.07) is 8.67. The lowest BCUT2D eigenvalue weighted by atomic mass is 10.1. The van der Waals surface area contributed by atoms with Crippen LogP contribution in [-0.2, 0) is 17.4 Å². The smallest absolute Gasteiger partial charge is 0.416 e. The van der Waals surface area contributed by atoms with E-state index in [-0.39, 0.29) is 27.8 Å². The van der Waals surface area contributed by atoms with Gasteiger partial charge in [0.2, 0.25) is 5.91 Å². The van der Waals surface area contributed by atoms with Crippen LogP contribution in [0.1, 0.15) is 16.9 Å². The minimum atomic E-state index is -4.77. The molecule has 0 aliphatic heterocycles. The average Bonchev–Trinajstić information content (AvgIpc) is 3.21. The van der Waals surface area contributed by atoms with Crippen LogP contribution >= 0.6 is 11.6 Å². The van der Waals surface area contributed by atoms with Crippen molar-refractivity contribution in [1.82, 2.24) is 5.43 Å². The van der Waals surface area contributed by atoms with Gasteiger partial charge in [-0.25, -0.2) is 5.43 Å². The first-order valence-electron chi connectivity index (χ1n) is 9.16. The lowest BCUT2D eigenvalue weighted by Gasteiger charge is -2.08. The summed E-state index contributed by atoms with van der Waals surface area (Å²) in [5.74, 6) is -0.373. The van der Waals surface area contributed by atoms with E-state index in [0.717, 1.165) is 18.3 Å². The van der Waals surface area contributed by atoms with Crippen LogP contribution in [0.2, 0.25) is 5.02 Å². The van der Waals surface area contributed by atoms with Gasteiger partial charge < -0.3 is 4.42 Å². The molecule has 0 saturated heterocycles. The zero-order valence-corrected chi connectivity index (χ0v) is 17.5. The molecule has 3 rings (SSSR count). The fourth-order valence-electron chi connectivity index (χ4n) is 2.82. The fourth-order valence-corrected chi connectivity index (χ4v) is 3.09. The molecule has 34 heavy (non-hydrogen) atoms. The maximum atomic E-state index is 12.8. The molecule has 3 aromatic rings. The third-order valence-corrected chi connectivity index (χ3v) is 4.71. The second-order valence-corrected chi connectivity index (χ2v) is 7.10. The minimum Gasteiger partial charge on any atom is -0.455 e. The third-order valence-electron chi connectivity index (χ3n) is 4.40. The van der Waals surface area contributed by atoms with E-state index in [9.17, 15) is 38.2 Å². The van der Waals surface area contributed by atoms with E-state index in [1.165, 1.54) is 24.3 Å². The number of alkyl halides is 3. The molecule has 0 aliphatic carbocycles. The number of rotatable bonds is 7. The van der Waals surface area contributed by atoms with Crippen LogP contribution in [0.25, 0.3) is 11.3 Å². The topological polar surface area (TPSA) is 141 Å². The van der Waals surface area contributed by atoms with Gasteiger partial charge in [0.1, 0.15) is 11.5 Å². The Balaban J connectivity index is 1.67. The van der Waals surface area contributed by atoms with Crippen molar-refractivity contribution in [3.63, 3.8) is 0 Å². The highest BCUT2D eigenvalue weighted by Crippen LogP contribution is 2.33. The van der Waals surface area contributed by atoms with E-state index in [4.69, 9.17) is 16.0 Å². The molecule has 0 fully saturated rings. The first-order chi connectivity index (χ1) is 16.0. The number of hydrogen-bond acceptors (Lipinski definition) is 7. The van der Waals surface area contributed by atoms with E-state index in [2.05, 4.69) is 10.5 Å². The van der Waals surface area contributed by atoms with Gasteiger partial charge in [0.15, 0.2) is 0 Å². The number of nitrogens with one attached hydrogen (secondary N) is 1. The van der Waals surface area contributed by atoms with Crippen molar-refractivity contribution in [3.05, 3.63) is 90.7 Å². The highest BCUT2D eigenvalue weighted by atomic mass is 35.5. The molecular formula is C20H12ClF3N4O6. The molecule has 2 aromatic carbocycles. The largest absolute Gasteiger partial charge is 0.455 e. The summed E-state index contributed by atoms with van der Waals surface area (Å²) in [5, 5.41) is 25.6. The van der Waals surface area contributed by atoms with Crippen molar-refractivity contribution in [3.8, 4) is 11.3 Å². The quantitative estimate of drug-likeness (QED) is 0.273. The Morgan fingerprint density at radius 1 is 1.09 bits per heavy atom. The summed E-state index contributed by atoms with van der Waals surface area (Å²) in [7, 11) is 0. The summed E-state index contributed by atoms with van der Waals surface area (Å²) < 4.78 is 43.8. The van der Waals surface area contributed by atoms with Crippen LogP contribution in [0, 0.1) is 20.2 Å². The molecule has 10 nitrogen and oxygen atoms in total.